The van der Waals surface area contributed by atoms with Gasteiger partial charge in [-0.15, -0.1) is 0 Å². The second kappa shape index (κ2) is 4.01. The Morgan fingerprint density at radius 3 is 2.00 bits per heavy atom. The third kappa shape index (κ3) is 2.50. The van der Waals surface area contributed by atoms with Crippen LogP contribution in [0.1, 0.15) is 52.8 Å². The van der Waals surface area contributed by atoms with Crippen LogP contribution in [-0.4, -0.2) is 15.0 Å². The lowest BCUT2D eigenvalue weighted by molar-refractivity contribution is 0.567. The summed E-state index contributed by atoms with van der Waals surface area (Å²) >= 11 is 0. The molecule has 18 heavy (non-hydrogen) atoms. The lowest BCUT2D eigenvalue weighted by atomic mass is 9.88. The van der Waals surface area contributed by atoms with Crippen molar-refractivity contribution in [1.29, 1.82) is 0 Å². The van der Waals surface area contributed by atoms with Crippen molar-refractivity contribution < 1.29 is 0 Å². The Morgan fingerprint density at radius 1 is 0.833 bits per heavy atom. The minimum atomic E-state index is 0.0128. The Bertz CT molecular complexity index is 526. The summed E-state index contributed by atoms with van der Waals surface area (Å²) in [6.07, 6.45) is 3.72. The van der Waals surface area contributed by atoms with Gasteiger partial charge in [-0.25, -0.2) is 15.0 Å². The molecule has 0 amide bonds. The SMILES string of the molecule is CC(C)(C)c1cnc2ncc(C(C)(C)C)nc2c1. The van der Waals surface area contributed by atoms with E-state index in [1.54, 1.807) is 0 Å². The monoisotopic (exact) mass is 243 g/mol. The molecule has 0 N–H and O–H groups in total. The second-order valence-electron chi connectivity index (χ2n) is 6.82. The summed E-state index contributed by atoms with van der Waals surface area (Å²) in [4.78, 5) is 13.5. The zero-order valence-electron chi connectivity index (χ0n) is 12.1. The fourth-order valence-corrected chi connectivity index (χ4v) is 1.68. The number of fused-ring (bicyclic) bond motifs is 1. The lowest BCUT2D eigenvalue weighted by Gasteiger charge is -2.20. The Balaban J connectivity index is 2.61. The van der Waals surface area contributed by atoms with Gasteiger partial charge in [0.15, 0.2) is 5.65 Å². The quantitative estimate of drug-likeness (QED) is 0.709. The van der Waals surface area contributed by atoms with Gasteiger partial charge < -0.3 is 0 Å². The van der Waals surface area contributed by atoms with Crippen LogP contribution in [0.2, 0.25) is 0 Å². The van der Waals surface area contributed by atoms with E-state index in [1.165, 1.54) is 5.56 Å². The Morgan fingerprint density at radius 2 is 1.44 bits per heavy atom. The summed E-state index contributed by atoms with van der Waals surface area (Å²) in [5.41, 5.74) is 3.89. The van der Waals surface area contributed by atoms with Crippen LogP contribution in [0.15, 0.2) is 18.5 Å². The first-order valence-electron chi connectivity index (χ1n) is 6.32. The van der Waals surface area contributed by atoms with Crippen LogP contribution in [0.3, 0.4) is 0 Å². The predicted octanol–water partition coefficient (Wildman–Crippen LogP) is 3.62. The van der Waals surface area contributed by atoms with E-state index in [0.29, 0.717) is 0 Å². The van der Waals surface area contributed by atoms with E-state index >= 15 is 0 Å². The molecule has 2 heterocycles. The van der Waals surface area contributed by atoms with Crippen molar-refractivity contribution in [2.75, 3.05) is 0 Å². The van der Waals surface area contributed by atoms with Crippen molar-refractivity contribution >= 4 is 11.2 Å². The highest BCUT2D eigenvalue weighted by atomic mass is 14.9. The number of hydrogen-bond acceptors (Lipinski definition) is 3. The standard InChI is InChI=1S/C15H21N3/c1-14(2,3)10-7-11-13(16-8-10)17-9-12(18-11)15(4,5)6/h7-9H,1-6H3. The van der Waals surface area contributed by atoms with E-state index in [4.69, 9.17) is 4.98 Å². The van der Waals surface area contributed by atoms with E-state index in [9.17, 15) is 0 Å². The number of nitrogens with zero attached hydrogens (tertiary/aromatic N) is 3. The molecule has 96 valence electrons. The van der Waals surface area contributed by atoms with E-state index in [-0.39, 0.29) is 10.8 Å². The van der Waals surface area contributed by atoms with Gasteiger partial charge in [0.1, 0.15) is 5.52 Å². The molecule has 0 fully saturated rings. The third-order valence-corrected chi connectivity index (χ3v) is 3.03. The van der Waals surface area contributed by atoms with Crippen molar-refractivity contribution in [2.45, 2.75) is 52.4 Å². The Hall–Kier alpha value is -1.51. The molecule has 3 nitrogen and oxygen atoms in total. The summed E-state index contributed by atoms with van der Waals surface area (Å²) in [6, 6.07) is 2.10. The largest absolute Gasteiger partial charge is 0.247 e. The molecule has 3 heteroatoms. The molecular formula is C15H21N3. The maximum atomic E-state index is 4.70. The maximum absolute atomic E-state index is 4.70. The molecule has 0 spiro atoms. The van der Waals surface area contributed by atoms with Crippen molar-refractivity contribution in [3.63, 3.8) is 0 Å². The highest BCUT2D eigenvalue weighted by Crippen LogP contribution is 2.25. The molecule has 2 aromatic rings. The highest BCUT2D eigenvalue weighted by molar-refractivity contribution is 5.70. The summed E-state index contributed by atoms with van der Waals surface area (Å²) < 4.78 is 0. The van der Waals surface area contributed by atoms with Crippen LogP contribution in [-0.2, 0) is 10.8 Å². The average molecular weight is 243 g/mol. The van der Waals surface area contributed by atoms with Gasteiger partial charge in [-0.3, -0.25) is 0 Å². The van der Waals surface area contributed by atoms with Crippen LogP contribution in [0.5, 0.6) is 0 Å². The fraction of sp³-hybridized carbons (Fsp3) is 0.533. The van der Waals surface area contributed by atoms with Crippen molar-refractivity contribution in [3.05, 3.63) is 29.7 Å². The first-order chi connectivity index (χ1) is 8.18. The summed E-state index contributed by atoms with van der Waals surface area (Å²) in [7, 11) is 0. The molecule has 0 aromatic carbocycles. The van der Waals surface area contributed by atoms with Gasteiger partial charge in [0.2, 0.25) is 0 Å². The molecule has 0 saturated carbocycles. The van der Waals surface area contributed by atoms with Gasteiger partial charge in [-0.1, -0.05) is 41.5 Å². The lowest BCUT2D eigenvalue weighted by Crippen LogP contribution is -2.15. The van der Waals surface area contributed by atoms with Crippen LogP contribution in [0.4, 0.5) is 0 Å². The van der Waals surface area contributed by atoms with Crippen LogP contribution in [0.25, 0.3) is 11.2 Å². The van der Waals surface area contributed by atoms with Gasteiger partial charge in [0, 0.05) is 11.6 Å². The first kappa shape index (κ1) is 12.9. The summed E-state index contributed by atoms with van der Waals surface area (Å²) in [5.74, 6) is 0. The summed E-state index contributed by atoms with van der Waals surface area (Å²) in [6.45, 7) is 13.0. The van der Waals surface area contributed by atoms with E-state index in [2.05, 4.69) is 57.6 Å². The van der Waals surface area contributed by atoms with Crippen molar-refractivity contribution in [3.8, 4) is 0 Å². The number of rotatable bonds is 0. The van der Waals surface area contributed by atoms with Gasteiger partial charge in [-0.05, 0) is 17.0 Å². The van der Waals surface area contributed by atoms with Gasteiger partial charge in [0.05, 0.1) is 11.9 Å². The van der Waals surface area contributed by atoms with E-state index in [0.717, 1.165) is 16.9 Å². The minimum absolute atomic E-state index is 0.0128. The zero-order valence-corrected chi connectivity index (χ0v) is 12.1. The summed E-state index contributed by atoms with van der Waals surface area (Å²) in [5, 5.41) is 0. The third-order valence-electron chi connectivity index (χ3n) is 3.03. The number of hydrogen-bond donors (Lipinski definition) is 0. The molecule has 0 radical (unpaired) electrons. The van der Waals surface area contributed by atoms with Gasteiger partial charge >= 0.3 is 0 Å². The number of pyridine rings is 1. The molecule has 0 bridgehead atoms. The molecule has 0 aliphatic rings. The van der Waals surface area contributed by atoms with E-state index < -0.39 is 0 Å². The minimum Gasteiger partial charge on any atom is -0.247 e. The van der Waals surface area contributed by atoms with Crippen LogP contribution in [0, 0.1) is 0 Å². The molecule has 0 atom stereocenters. The van der Waals surface area contributed by atoms with Gasteiger partial charge in [-0.2, -0.15) is 0 Å². The van der Waals surface area contributed by atoms with Crippen LogP contribution < -0.4 is 0 Å². The van der Waals surface area contributed by atoms with Crippen LogP contribution >= 0.6 is 0 Å². The first-order valence-corrected chi connectivity index (χ1v) is 6.32. The van der Waals surface area contributed by atoms with Crippen molar-refractivity contribution in [2.24, 2.45) is 0 Å². The number of aromatic nitrogens is 3. The van der Waals surface area contributed by atoms with Crippen molar-refractivity contribution in [1.82, 2.24) is 15.0 Å². The maximum Gasteiger partial charge on any atom is 0.178 e. The molecule has 2 aromatic heterocycles. The molecule has 0 aliphatic carbocycles. The zero-order chi connectivity index (χ0) is 13.6. The molecule has 0 unspecified atom stereocenters. The molecule has 2 rings (SSSR count). The Labute approximate surface area is 109 Å². The van der Waals surface area contributed by atoms with E-state index in [1.807, 2.05) is 12.4 Å². The molecule has 0 saturated heterocycles. The topological polar surface area (TPSA) is 38.7 Å². The normalized spacial score (nSPS) is 13.0. The van der Waals surface area contributed by atoms with Gasteiger partial charge in [0.25, 0.3) is 0 Å². The molecule has 0 aliphatic heterocycles. The highest BCUT2D eigenvalue weighted by Gasteiger charge is 2.18. The second-order valence-corrected chi connectivity index (χ2v) is 6.82. The smallest absolute Gasteiger partial charge is 0.178 e. The molecular weight excluding hydrogens is 222 g/mol. The fourth-order valence-electron chi connectivity index (χ4n) is 1.68. The average Bonchev–Trinajstić information content (AvgIpc) is 2.25. The Kier molecular flexibility index (Phi) is 2.88. The predicted molar refractivity (Wildman–Crippen MR) is 74.7 cm³/mol.